The molecule has 0 unspecified atom stereocenters. The van der Waals surface area contributed by atoms with Crippen LogP contribution in [0.15, 0.2) is 84.9 Å². The van der Waals surface area contributed by atoms with Gasteiger partial charge in [-0.2, -0.15) is 26.3 Å². The summed E-state index contributed by atoms with van der Waals surface area (Å²) < 4.78 is 77.2. The van der Waals surface area contributed by atoms with Crippen LogP contribution in [-0.2, 0) is 12.4 Å². The van der Waals surface area contributed by atoms with Crippen LogP contribution in [0.3, 0.4) is 0 Å². The highest BCUT2D eigenvalue weighted by Gasteiger charge is 2.30. The number of aromatic nitrogens is 1. The van der Waals surface area contributed by atoms with E-state index in [1.165, 1.54) is 24.3 Å². The zero-order chi connectivity index (χ0) is 23.4. The van der Waals surface area contributed by atoms with Crippen LogP contribution < -0.4 is 0 Å². The summed E-state index contributed by atoms with van der Waals surface area (Å²) in [5, 5.41) is 1.74. The Bertz CT molecular complexity index is 1340. The van der Waals surface area contributed by atoms with Crippen LogP contribution in [0.5, 0.6) is 0 Å². The summed E-state index contributed by atoms with van der Waals surface area (Å²) in [4.78, 5) is 3.30. The Hall–Kier alpha value is -3.74. The Balaban J connectivity index is 1.56. The number of alkyl halides is 6. The second-order valence-corrected chi connectivity index (χ2v) is 7.80. The van der Waals surface area contributed by atoms with Crippen molar-refractivity contribution in [1.82, 2.24) is 4.98 Å². The number of fused-ring (bicyclic) bond motifs is 3. The Labute approximate surface area is 184 Å². The van der Waals surface area contributed by atoms with E-state index in [4.69, 9.17) is 0 Å². The zero-order valence-electron chi connectivity index (χ0n) is 16.9. The number of hydrogen-bond acceptors (Lipinski definition) is 0. The predicted octanol–water partition coefficient (Wildman–Crippen LogP) is 8.69. The van der Waals surface area contributed by atoms with Gasteiger partial charge < -0.3 is 4.98 Å². The van der Waals surface area contributed by atoms with Gasteiger partial charge in [-0.15, -0.1) is 0 Å². The van der Waals surface area contributed by atoms with Gasteiger partial charge in [0.2, 0.25) is 0 Å². The van der Waals surface area contributed by atoms with Gasteiger partial charge >= 0.3 is 12.4 Å². The van der Waals surface area contributed by atoms with Crippen molar-refractivity contribution >= 4 is 21.8 Å². The number of aromatic amines is 1. The van der Waals surface area contributed by atoms with E-state index < -0.39 is 23.5 Å². The average Bonchev–Trinajstić information content (AvgIpc) is 3.15. The maximum Gasteiger partial charge on any atom is 0.416 e. The second-order valence-electron chi connectivity index (χ2n) is 7.80. The molecule has 0 spiro atoms. The smallest absolute Gasteiger partial charge is 0.355 e. The predicted molar refractivity (Wildman–Crippen MR) is 117 cm³/mol. The van der Waals surface area contributed by atoms with E-state index in [9.17, 15) is 26.3 Å². The SMILES string of the molecule is FC(F)(F)c1ccc(-c2ccc3[nH]c4ccc(-c5ccc(C(F)(F)F)cc5)cc4c3c2)cc1. The van der Waals surface area contributed by atoms with E-state index in [2.05, 4.69) is 4.98 Å². The van der Waals surface area contributed by atoms with E-state index in [0.29, 0.717) is 11.1 Å². The van der Waals surface area contributed by atoms with Crippen molar-refractivity contribution in [3.05, 3.63) is 96.1 Å². The molecule has 1 aromatic heterocycles. The fourth-order valence-corrected chi connectivity index (χ4v) is 3.96. The van der Waals surface area contributed by atoms with Gasteiger partial charge in [0.05, 0.1) is 11.1 Å². The quantitative estimate of drug-likeness (QED) is 0.256. The van der Waals surface area contributed by atoms with E-state index in [1.807, 2.05) is 36.4 Å². The average molecular weight is 455 g/mol. The third-order valence-electron chi connectivity index (χ3n) is 5.69. The van der Waals surface area contributed by atoms with Crippen LogP contribution in [0.1, 0.15) is 11.1 Å². The van der Waals surface area contributed by atoms with Gasteiger partial charge in [0, 0.05) is 21.8 Å². The summed E-state index contributed by atoms with van der Waals surface area (Å²) in [5.41, 5.74) is 3.11. The largest absolute Gasteiger partial charge is 0.416 e. The van der Waals surface area contributed by atoms with Crippen molar-refractivity contribution in [3.8, 4) is 22.3 Å². The summed E-state index contributed by atoms with van der Waals surface area (Å²) in [7, 11) is 0. The summed E-state index contributed by atoms with van der Waals surface area (Å²) in [5.74, 6) is 0. The molecule has 1 heterocycles. The molecule has 0 saturated carbocycles. The highest BCUT2D eigenvalue weighted by Crippen LogP contribution is 2.36. The molecule has 0 aliphatic heterocycles. The molecule has 166 valence electrons. The molecule has 1 nitrogen and oxygen atoms in total. The normalized spacial score (nSPS) is 12.5. The van der Waals surface area contributed by atoms with Crippen LogP contribution in [0.25, 0.3) is 44.1 Å². The van der Waals surface area contributed by atoms with E-state index in [-0.39, 0.29) is 0 Å². The molecule has 5 rings (SSSR count). The minimum atomic E-state index is -4.39. The summed E-state index contributed by atoms with van der Waals surface area (Å²) >= 11 is 0. The molecule has 0 radical (unpaired) electrons. The molecule has 33 heavy (non-hydrogen) atoms. The van der Waals surface area contributed by atoms with Crippen molar-refractivity contribution < 1.29 is 26.3 Å². The highest BCUT2D eigenvalue weighted by atomic mass is 19.4. The Morgan fingerprint density at radius 1 is 0.424 bits per heavy atom. The van der Waals surface area contributed by atoms with Crippen molar-refractivity contribution in [2.45, 2.75) is 12.4 Å². The molecular formula is C26H15F6N. The molecule has 4 aromatic carbocycles. The molecule has 0 amide bonds. The number of rotatable bonds is 2. The molecule has 0 bridgehead atoms. The van der Waals surface area contributed by atoms with Crippen LogP contribution in [-0.4, -0.2) is 4.98 Å². The number of halogens is 6. The maximum absolute atomic E-state index is 12.9. The number of benzene rings is 4. The van der Waals surface area contributed by atoms with Gasteiger partial charge in [0.1, 0.15) is 0 Å². The fourth-order valence-electron chi connectivity index (χ4n) is 3.96. The standard InChI is InChI=1S/C26H15F6N/c27-25(28,29)19-7-1-15(2-8-19)17-5-11-23-21(13-17)22-14-18(6-12-24(22)33-23)16-3-9-20(10-4-16)26(30,31)32/h1-14,33H. The van der Waals surface area contributed by atoms with E-state index >= 15 is 0 Å². The minimum Gasteiger partial charge on any atom is -0.355 e. The Morgan fingerprint density at radius 3 is 1.09 bits per heavy atom. The number of H-pyrrole nitrogens is 1. The van der Waals surface area contributed by atoms with Gasteiger partial charge in [-0.3, -0.25) is 0 Å². The van der Waals surface area contributed by atoms with Crippen LogP contribution >= 0.6 is 0 Å². The number of nitrogens with one attached hydrogen (secondary N) is 1. The molecule has 0 aliphatic carbocycles. The minimum absolute atomic E-state index is 0.651. The van der Waals surface area contributed by atoms with E-state index in [0.717, 1.165) is 57.2 Å². The van der Waals surface area contributed by atoms with Crippen molar-refractivity contribution in [2.75, 3.05) is 0 Å². The third-order valence-corrected chi connectivity index (χ3v) is 5.69. The molecule has 0 fully saturated rings. The first-order valence-corrected chi connectivity index (χ1v) is 10.0. The summed E-state index contributed by atoms with van der Waals surface area (Å²) in [6.07, 6.45) is -8.79. The van der Waals surface area contributed by atoms with E-state index in [1.54, 1.807) is 0 Å². The third kappa shape index (κ3) is 3.95. The molecule has 5 aromatic rings. The molecule has 1 N–H and O–H groups in total. The molecule has 0 saturated heterocycles. The molecule has 7 heteroatoms. The van der Waals surface area contributed by atoms with Crippen molar-refractivity contribution in [3.63, 3.8) is 0 Å². The van der Waals surface area contributed by atoms with Gasteiger partial charge in [0.25, 0.3) is 0 Å². The highest BCUT2D eigenvalue weighted by molar-refractivity contribution is 6.09. The molecule has 0 aliphatic rings. The van der Waals surface area contributed by atoms with Crippen LogP contribution in [0.4, 0.5) is 26.3 Å². The lowest BCUT2D eigenvalue weighted by Gasteiger charge is -2.08. The Kier molecular flexibility index (Phi) is 4.74. The molecule has 0 atom stereocenters. The zero-order valence-corrected chi connectivity index (χ0v) is 16.9. The van der Waals surface area contributed by atoms with Gasteiger partial charge in [-0.1, -0.05) is 36.4 Å². The fraction of sp³-hybridized carbons (Fsp3) is 0.0769. The van der Waals surface area contributed by atoms with Crippen LogP contribution in [0, 0.1) is 0 Å². The maximum atomic E-state index is 12.9. The van der Waals surface area contributed by atoms with Crippen molar-refractivity contribution in [2.24, 2.45) is 0 Å². The lowest BCUT2D eigenvalue weighted by Crippen LogP contribution is -2.03. The first-order chi connectivity index (χ1) is 15.6. The van der Waals surface area contributed by atoms with Crippen molar-refractivity contribution in [1.29, 1.82) is 0 Å². The first-order valence-electron chi connectivity index (χ1n) is 10.0. The monoisotopic (exact) mass is 455 g/mol. The lowest BCUT2D eigenvalue weighted by molar-refractivity contribution is -0.138. The lowest BCUT2D eigenvalue weighted by atomic mass is 9.99. The first kappa shape index (κ1) is 21.1. The van der Waals surface area contributed by atoms with Gasteiger partial charge in [-0.25, -0.2) is 0 Å². The number of hydrogen-bond donors (Lipinski definition) is 1. The summed E-state index contributed by atoms with van der Waals surface area (Å²) in [6.45, 7) is 0. The summed E-state index contributed by atoms with van der Waals surface area (Å²) in [6, 6.07) is 21.1. The van der Waals surface area contributed by atoms with Gasteiger partial charge in [-0.05, 0) is 70.8 Å². The van der Waals surface area contributed by atoms with Gasteiger partial charge in [0.15, 0.2) is 0 Å². The molecular weight excluding hydrogens is 440 g/mol. The van der Waals surface area contributed by atoms with Crippen LogP contribution in [0.2, 0.25) is 0 Å². The Morgan fingerprint density at radius 2 is 0.758 bits per heavy atom. The second kappa shape index (κ2) is 7.40. The topological polar surface area (TPSA) is 15.8 Å².